The zero-order chi connectivity index (χ0) is 22.4. The number of nitrogens with one attached hydrogen (secondary N) is 1. The molecule has 2 amide bonds. The average Bonchev–Trinajstić information content (AvgIpc) is 3.08. The zero-order valence-corrected chi connectivity index (χ0v) is 17.8. The summed E-state index contributed by atoms with van der Waals surface area (Å²) in [6.45, 7) is 2.23. The summed E-state index contributed by atoms with van der Waals surface area (Å²) in [7, 11) is 1.64. The number of hydrogen-bond donors (Lipinski definition) is 2. The maximum Gasteiger partial charge on any atom is 0.407 e. The van der Waals surface area contributed by atoms with E-state index in [9.17, 15) is 14.4 Å². The molecule has 0 fully saturated rings. The van der Waals surface area contributed by atoms with Crippen LogP contribution in [-0.4, -0.2) is 54.2 Å². The number of nitrogens with zero attached hydrogens (tertiary/aromatic N) is 1. The minimum atomic E-state index is -0.848. The maximum absolute atomic E-state index is 12.4. The number of carboxylic acid groups (broad SMARTS) is 1. The SMILES string of the molecule is C[C@@H](NC(=O)OCC1c2ccccc2-c2ccccc21)C(=O)N(C)CCCCC(=O)O. The van der Waals surface area contributed by atoms with E-state index in [1.807, 2.05) is 36.4 Å². The molecule has 3 rings (SSSR count). The molecule has 0 heterocycles. The predicted octanol–water partition coefficient (Wildman–Crippen LogP) is 3.63. The number of rotatable bonds is 9. The quantitative estimate of drug-likeness (QED) is 0.600. The Bertz CT molecular complexity index is 913. The molecule has 0 aromatic heterocycles. The highest BCUT2D eigenvalue weighted by Crippen LogP contribution is 2.44. The van der Waals surface area contributed by atoms with Crippen LogP contribution in [0.2, 0.25) is 0 Å². The van der Waals surface area contributed by atoms with E-state index >= 15 is 0 Å². The van der Waals surface area contributed by atoms with Crippen molar-refractivity contribution >= 4 is 18.0 Å². The number of amides is 2. The van der Waals surface area contributed by atoms with Crippen molar-refractivity contribution in [2.75, 3.05) is 20.2 Å². The van der Waals surface area contributed by atoms with Crippen LogP contribution >= 0.6 is 0 Å². The summed E-state index contributed by atoms with van der Waals surface area (Å²) in [6.07, 6.45) is 0.533. The first-order valence-electron chi connectivity index (χ1n) is 10.5. The molecule has 31 heavy (non-hydrogen) atoms. The Balaban J connectivity index is 1.51. The summed E-state index contributed by atoms with van der Waals surface area (Å²) >= 11 is 0. The Morgan fingerprint density at radius 3 is 2.19 bits per heavy atom. The lowest BCUT2D eigenvalue weighted by Gasteiger charge is -2.22. The van der Waals surface area contributed by atoms with Gasteiger partial charge in [-0.2, -0.15) is 0 Å². The Morgan fingerprint density at radius 1 is 1.03 bits per heavy atom. The van der Waals surface area contributed by atoms with Gasteiger partial charge in [0.25, 0.3) is 0 Å². The van der Waals surface area contributed by atoms with E-state index in [-0.39, 0.29) is 24.9 Å². The van der Waals surface area contributed by atoms with Crippen LogP contribution in [0.3, 0.4) is 0 Å². The molecule has 0 radical (unpaired) electrons. The molecule has 7 heteroatoms. The fraction of sp³-hybridized carbons (Fsp3) is 0.375. The van der Waals surface area contributed by atoms with E-state index in [0.717, 1.165) is 22.3 Å². The molecule has 164 valence electrons. The van der Waals surface area contributed by atoms with Crippen LogP contribution in [0.25, 0.3) is 11.1 Å². The highest BCUT2D eigenvalue weighted by molar-refractivity contribution is 5.85. The third kappa shape index (κ3) is 5.42. The molecule has 1 aliphatic rings. The molecule has 2 aromatic rings. The Labute approximate surface area is 182 Å². The first-order valence-corrected chi connectivity index (χ1v) is 10.5. The third-order valence-corrected chi connectivity index (χ3v) is 5.56. The summed E-state index contributed by atoms with van der Waals surface area (Å²) in [5, 5.41) is 11.3. The fourth-order valence-electron chi connectivity index (χ4n) is 3.94. The highest BCUT2D eigenvalue weighted by atomic mass is 16.5. The number of carbonyl (C=O) groups excluding carboxylic acids is 2. The number of benzene rings is 2. The summed E-state index contributed by atoms with van der Waals surface area (Å²) < 4.78 is 5.48. The highest BCUT2D eigenvalue weighted by Gasteiger charge is 2.29. The number of ether oxygens (including phenoxy) is 1. The van der Waals surface area contributed by atoms with Crippen molar-refractivity contribution in [3.8, 4) is 11.1 Å². The summed E-state index contributed by atoms with van der Waals surface area (Å²) in [5.74, 6) is -1.14. The molecule has 2 N–H and O–H groups in total. The van der Waals surface area contributed by atoms with Gasteiger partial charge in [-0.1, -0.05) is 48.5 Å². The monoisotopic (exact) mass is 424 g/mol. The number of unbranched alkanes of at least 4 members (excludes halogenated alkanes) is 1. The number of carboxylic acids is 1. The lowest BCUT2D eigenvalue weighted by molar-refractivity contribution is -0.137. The lowest BCUT2D eigenvalue weighted by atomic mass is 9.98. The van der Waals surface area contributed by atoms with Crippen LogP contribution in [0.5, 0.6) is 0 Å². The number of likely N-dealkylation sites (N-methyl/N-ethyl adjacent to an activating group) is 1. The van der Waals surface area contributed by atoms with Crippen LogP contribution in [0.15, 0.2) is 48.5 Å². The zero-order valence-electron chi connectivity index (χ0n) is 17.8. The van der Waals surface area contributed by atoms with Crippen molar-refractivity contribution in [2.45, 2.75) is 38.1 Å². The summed E-state index contributed by atoms with van der Waals surface area (Å²) in [6, 6.07) is 15.5. The van der Waals surface area contributed by atoms with E-state index in [1.165, 1.54) is 4.90 Å². The first-order chi connectivity index (χ1) is 14.9. The summed E-state index contributed by atoms with van der Waals surface area (Å²) in [5.41, 5.74) is 4.56. The number of carbonyl (C=O) groups is 3. The van der Waals surface area contributed by atoms with Crippen molar-refractivity contribution in [2.24, 2.45) is 0 Å². The first kappa shape index (κ1) is 22.3. The van der Waals surface area contributed by atoms with Crippen molar-refractivity contribution in [1.29, 1.82) is 0 Å². The van der Waals surface area contributed by atoms with Gasteiger partial charge < -0.3 is 20.1 Å². The van der Waals surface area contributed by atoms with Gasteiger partial charge in [-0.15, -0.1) is 0 Å². The van der Waals surface area contributed by atoms with Crippen LogP contribution in [-0.2, 0) is 14.3 Å². The number of fused-ring (bicyclic) bond motifs is 3. The Morgan fingerprint density at radius 2 is 1.61 bits per heavy atom. The van der Waals surface area contributed by atoms with E-state index in [2.05, 4.69) is 17.4 Å². The van der Waals surface area contributed by atoms with Crippen LogP contribution in [0, 0.1) is 0 Å². The number of aliphatic carboxylic acids is 1. The number of hydrogen-bond acceptors (Lipinski definition) is 4. The van der Waals surface area contributed by atoms with Crippen molar-refractivity contribution in [3.05, 3.63) is 59.7 Å². The predicted molar refractivity (Wildman–Crippen MR) is 117 cm³/mol. The molecule has 0 saturated heterocycles. The normalized spacial score (nSPS) is 13.1. The molecular weight excluding hydrogens is 396 g/mol. The second-order valence-corrected chi connectivity index (χ2v) is 7.80. The third-order valence-electron chi connectivity index (χ3n) is 5.56. The molecule has 7 nitrogen and oxygen atoms in total. The smallest absolute Gasteiger partial charge is 0.407 e. The van der Waals surface area contributed by atoms with Crippen molar-refractivity contribution < 1.29 is 24.2 Å². The summed E-state index contributed by atoms with van der Waals surface area (Å²) in [4.78, 5) is 36.8. The van der Waals surface area contributed by atoms with Gasteiger partial charge in [0.05, 0.1) is 0 Å². The van der Waals surface area contributed by atoms with Crippen LogP contribution in [0.1, 0.15) is 43.2 Å². The topological polar surface area (TPSA) is 95.9 Å². The number of alkyl carbamates (subject to hydrolysis) is 1. The Hall–Kier alpha value is -3.35. The van der Waals surface area contributed by atoms with Gasteiger partial charge in [0, 0.05) is 25.9 Å². The van der Waals surface area contributed by atoms with E-state index < -0.39 is 18.1 Å². The fourth-order valence-corrected chi connectivity index (χ4v) is 3.94. The lowest BCUT2D eigenvalue weighted by Crippen LogP contribution is -2.46. The van der Waals surface area contributed by atoms with Gasteiger partial charge in [0.1, 0.15) is 12.6 Å². The molecule has 0 saturated carbocycles. The molecule has 0 spiro atoms. The molecule has 0 aliphatic heterocycles. The average molecular weight is 424 g/mol. The Kier molecular flexibility index (Phi) is 7.28. The molecular formula is C24H28N2O5. The maximum atomic E-state index is 12.4. The van der Waals surface area contributed by atoms with Crippen LogP contribution < -0.4 is 5.32 Å². The van der Waals surface area contributed by atoms with Gasteiger partial charge in [0.15, 0.2) is 0 Å². The van der Waals surface area contributed by atoms with Crippen molar-refractivity contribution in [1.82, 2.24) is 10.2 Å². The molecule has 0 unspecified atom stereocenters. The second kappa shape index (κ2) is 10.1. The minimum Gasteiger partial charge on any atom is -0.481 e. The van der Waals surface area contributed by atoms with Gasteiger partial charge in [0.2, 0.25) is 5.91 Å². The van der Waals surface area contributed by atoms with E-state index in [0.29, 0.717) is 19.4 Å². The van der Waals surface area contributed by atoms with Gasteiger partial charge in [-0.3, -0.25) is 9.59 Å². The minimum absolute atomic E-state index is 0.0407. The van der Waals surface area contributed by atoms with Crippen molar-refractivity contribution in [3.63, 3.8) is 0 Å². The van der Waals surface area contributed by atoms with Gasteiger partial charge in [-0.05, 0) is 42.0 Å². The largest absolute Gasteiger partial charge is 0.481 e. The molecule has 2 aromatic carbocycles. The standard InChI is InChI=1S/C24H28N2O5/c1-16(23(29)26(2)14-8-7-13-22(27)28)25-24(30)31-15-21-19-11-5-3-9-17(19)18-10-4-6-12-20(18)21/h3-6,9-12,16,21H,7-8,13-15H2,1-2H3,(H,25,30)(H,27,28)/t16-/m1/s1. The molecule has 0 bridgehead atoms. The van der Waals surface area contributed by atoms with E-state index in [4.69, 9.17) is 9.84 Å². The molecule has 1 aliphatic carbocycles. The van der Waals surface area contributed by atoms with Gasteiger partial charge >= 0.3 is 12.1 Å². The van der Waals surface area contributed by atoms with Crippen LogP contribution in [0.4, 0.5) is 4.79 Å². The second-order valence-electron chi connectivity index (χ2n) is 7.80. The van der Waals surface area contributed by atoms with Gasteiger partial charge in [-0.25, -0.2) is 4.79 Å². The van der Waals surface area contributed by atoms with E-state index in [1.54, 1.807) is 14.0 Å². The molecule has 1 atom stereocenters.